The molecule has 1 atom stereocenters. The summed E-state index contributed by atoms with van der Waals surface area (Å²) >= 11 is 12.6. The number of imidazole rings is 1. The van der Waals surface area contributed by atoms with E-state index in [1.165, 1.54) is 18.2 Å². The summed E-state index contributed by atoms with van der Waals surface area (Å²) in [4.78, 5) is 33.7. The Labute approximate surface area is 258 Å². The number of aromatic amines is 1. The minimum atomic E-state index is -1.22. The molecule has 1 aromatic heterocycles. The first-order chi connectivity index (χ1) is 20.5. The van der Waals surface area contributed by atoms with Crippen LogP contribution in [0.3, 0.4) is 0 Å². The van der Waals surface area contributed by atoms with E-state index in [0.29, 0.717) is 33.5 Å². The van der Waals surface area contributed by atoms with Gasteiger partial charge in [-0.2, -0.15) is 0 Å². The molecular formula is C34H30Cl2FN3O3. The Morgan fingerprint density at radius 2 is 1.70 bits per heavy atom. The van der Waals surface area contributed by atoms with E-state index in [1.807, 2.05) is 20.8 Å². The van der Waals surface area contributed by atoms with E-state index in [0.717, 1.165) is 35.1 Å². The molecule has 0 aliphatic rings. The first-order valence-electron chi connectivity index (χ1n) is 13.9. The Kier molecular flexibility index (Phi) is 8.58. The van der Waals surface area contributed by atoms with Gasteiger partial charge >= 0.3 is 5.97 Å². The number of halogens is 3. The minimum absolute atomic E-state index is 0.0622. The average molecular weight is 619 g/mol. The lowest BCUT2D eigenvalue weighted by atomic mass is 9.91. The smallest absolute Gasteiger partial charge is 0.336 e. The molecule has 5 aromatic rings. The van der Waals surface area contributed by atoms with Crippen LogP contribution in [0.5, 0.6) is 0 Å². The zero-order valence-electron chi connectivity index (χ0n) is 24.1. The van der Waals surface area contributed by atoms with E-state index in [2.05, 4.69) is 34.3 Å². The number of benzene rings is 4. The lowest BCUT2D eigenvalue weighted by Crippen LogP contribution is -2.29. The molecule has 3 N–H and O–H groups in total. The van der Waals surface area contributed by atoms with Gasteiger partial charge in [0.15, 0.2) is 0 Å². The second kappa shape index (κ2) is 12.2. The third-order valence-electron chi connectivity index (χ3n) is 7.54. The van der Waals surface area contributed by atoms with Crippen LogP contribution in [0, 0.1) is 26.6 Å². The van der Waals surface area contributed by atoms with Crippen molar-refractivity contribution in [2.24, 2.45) is 0 Å². The van der Waals surface area contributed by atoms with E-state index < -0.39 is 11.8 Å². The molecule has 0 spiro atoms. The lowest BCUT2D eigenvalue weighted by molar-refractivity contribution is 0.0697. The molecule has 0 aliphatic carbocycles. The predicted octanol–water partition coefficient (Wildman–Crippen LogP) is 9.24. The largest absolute Gasteiger partial charge is 0.478 e. The third-order valence-corrected chi connectivity index (χ3v) is 8.15. The maximum atomic E-state index is 14.1. The van der Waals surface area contributed by atoms with Crippen molar-refractivity contribution in [2.75, 3.05) is 0 Å². The number of nitrogens with zero attached hydrogens (tertiary/aromatic N) is 1. The van der Waals surface area contributed by atoms with E-state index in [9.17, 15) is 19.1 Å². The van der Waals surface area contributed by atoms with E-state index in [-0.39, 0.29) is 33.1 Å². The number of hydrogen-bond acceptors (Lipinski definition) is 3. The van der Waals surface area contributed by atoms with Crippen LogP contribution in [0.25, 0.3) is 33.5 Å². The SMILES string of the molecule is CCC[C@H](NC(=O)c1ccc(-c2c(Cl)cccc2-c2nc3cc(Cl)c(F)cc3[nH]2)c(C(=O)O)c1)c1c(C)cc(C)cc1C. The number of aryl methyl sites for hydroxylation is 3. The Hall–Kier alpha value is -4.20. The molecule has 0 aliphatic heterocycles. The number of nitrogens with one attached hydrogen (secondary N) is 2. The highest BCUT2D eigenvalue weighted by atomic mass is 35.5. The number of rotatable bonds is 8. The molecule has 0 radical (unpaired) electrons. The molecule has 0 saturated carbocycles. The van der Waals surface area contributed by atoms with Crippen LogP contribution < -0.4 is 5.32 Å². The summed E-state index contributed by atoms with van der Waals surface area (Å²) in [5, 5.41) is 13.6. The Morgan fingerprint density at radius 3 is 2.37 bits per heavy atom. The van der Waals surface area contributed by atoms with Crippen molar-refractivity contribution in [3.63, 3.8) is 0 Å². The highest BCUT2D eigenvalue weighted by Crippen LogP contribution is 2.39. The number of carbonyl (C=O) groups excluding carboxylic acids is 1. The second-order valence-corrected chi connectivity index (χ2v) is 11.5. The van der Waals surface area contributed by atoms with Gasteiger partial charge in [-0.15, -0.1) is 0 Å². The fourth-order valence-corrected chi connectivity index (χ4v) is 6.20. The number of hydrogen-bond donors (Lipinski definition) is 3. The highest BCUT2D eigenvalue weighted by Gasteiger charge is 2.24. The number of aromatic carboxylic acids is 1. The molecule has 6 nitrogen and oxygen atoms in total. The van der Waals surface area contributed by atoms with Gasteiger partial charge in [-0.1, -0.05) is 72.4 Å². The van der Waals surface area contributed by atoms with E-state index in [4.69, 9.17) is 23.2 Å². The van der Waals surface area contributed by atoms with Crippen LogP contribution in [0.1, 0.15) is 68.8 Å². The molecule has 4 aromatic carbocycles. The monoisotopic (exact) mass is 617 g/mol. The molecule has 1 amide bonds. The molecular weight excluding hydrogens is 588 g/mol. The van der Waals surface area contributed by atoms with Crippen molar-refractivity contribution in [1.82, 2.24) is 15.3 Å². The van der Waals surface area contributed by atoms with Crippen molar-refractivity contribution in [2.45, 2.75) is 46.6 Å². The van der Waals surface area contributed by atoms with Gasteiger partial charge in [-0.3, -0.25) is 4.79 Å². The number of aromatic nitrogens is 2. The van der Waals surface area contributed by atoms with Gasteiger partial charge in [0.05, 0.1) is 27.7 Å². The minimum Gasteiger partial charge on any atom is -0.478 e. The van der Waals surface area contributed by atoms with Gasteiger partial charge in [0.1, 0.15) is 11.6 Å². The Morgan fingerprint density at radius 1 is 0.977 bits per heavy atom. The van der Waals surface area contributed by atoms with E-state index >= 15 is 0 Å². The van der Waals surface area contributed by atoms with Gasteiger partial charge in [-0.05, 0) is 73.7 Å². The van der Waals surface area contributed by atoms with Crippen molar-refractivity contribution in [3.05, 3.63) is 110 Å². The zero-order valence-corrected chi connectivity index (χ0v) is 25.6. The lowest BCUT2D eigenvalue weighted by Gasteiger charge is -2.23. The fraction of sp³-hybridized carbons (Fsp3) is 0.206. The molecule has 220 valence electrons. The zero-order chi connectivity index (χ0) is 31.0. The van der Waals surface area contributed by atoms with Crippen LogP contribution in [0.2, 0.25) is 10.0 Å². The summed E-state index contributed by atoms with van der Waals surface area (Å²) in [5.74, 6) is -1.82. The number of carbonyl (C=O) groups is 2. The van der Waals surface area contributed by atoms with Crippen molar-refractivity contribution >= 4 is 46.1 Å². The standard InChI is InChI=1S/C34H30Cl2FN3O3/c1-5-7-27(30-18(3)12-17(2)13-19(30)4)40-33(41)20-10-11-21(23(14-20)34(42)43)31-22(8-6-9-24(31)35)32-38-28-15-25(36)26(37)16-29(28)39-32/h6,8-16,27H,5,7H2,1-4H3,(H,38,39)(H,40,41)(H,42,43)/t27-/m0/s1. The van der Waals surface area contributed by atoms with Crippen LogP contribution in [0.4, 0.5) is 4.39 Å². The van der Waals surface area contributed by atoms with Crippen LogP contribution in [0.15, 0.2) is 60.7 Å². The van der Waals surface area contributed by atoms with Gasteiger partial charge in [0.2, 0.25) is 0 Å². The van der Waals surface area contributed by atoms with Crippen LogP contribution in [-0.4, -0.2) is 27.0 Å². The summed E-state index contributed by atoms with van der Waals surface area (Å²) in [7, 11) is 0. The highest BCUT2D eigenvalue weighted by molar-refractivity contribution is 6.34. The summed E-state index contributed by atoms with van der Waals surface area (Å²) in [5.41, 5.74) is 6.64. The quantitative estimate of drug-likeness (QED) is 0.162. The van der Waals surface area contributed by atoms with Crippen LogP contribution >= 0.6 is 23.2 Å². The molecule has 0 saturated heterocycles. The van der Waals surface area contributed by atoms with Crippen molar-refractivity contribution in [1.29, 1.82) is 0 Å². The molecule has 1 heterocycles. The number of carboxylic acid groups (broad SMARTS) is 1. The van der Waals surface area contributed by atoms with Gasteiger partial charge < -0.3 is 15.4 Å². The number of H-pyrrole nitrogens is 1. The molecule has 9 heteroatoms. The third kappa shape index (κ3) is 6.01. The van der Waals surface area contributed by atoms with Gasteiger partial charge in [0.25, 0.3) is 5.91 Å². The van der Waals surface area contributed by atoms with Gasteiger partial charge in [-0.25, -0.2) is 14.2 Å². The maximum Gasteiger partial charge on any atom is 0.336 e. The number of carboxylic acids is 1. The number of amides is 1. The summed E-state index contributed by atoms with van der Waals surface area (Å²) in [6, 6.07) is 16.3. The fourth-order valence-electron chi connectivity index (χ4n) is 5.77. The van der Waals surface area contributed by atoms with Crippen LogP contribution in [-0.2, 0) is 0 Å². The molecule has 43 heavy (non-hydrogen) atoms. The molecule has 5 rings (SSSR count). The second-order valence-electron chi connectivity index (χ2n) is 10.7. The van der Waals surface area contributed by atoms with Crippen molar-refractivity contribution < 1.29 is 19.1 Å². The van der Waals surface area contributed by atoms with E-state index in [1.54, 1.807) is 30.3 Å². The molecule has 0 unspecified atom stereocenters. The summed E-state index contributed by atoms with van der Waals surface area (Å²) in [6.45, 7) is 8.18. The average Bonchev–Trinajstić information content (AvgIpc) is 3.34. The maximum absolute atomic E-state index is 14.1. The predicted molar refractivity (Wildman–Crippen MR) is 170 cm³/mol. The summed E-state index contributed by atoms with van der Waals surface area (Å²) in [6.07, 6.45) is 1.59. The van der Waals surface area contributed by atoms with Gasteiger partial charge in [0, 0.05) is 27.8 Å². The number of fused-ring (bicyclic) bond motifs is 1. The topological polar surface area (TPSA) is 95.1 Å². The summed E-state index contributed by atoms with van der Waals surface area (Å²) < 4.78 is 14.1. The normalized spacial score (nSPS) is 12.0. The molecule has 0 fully saturated rings. The first-order valence-corrected chi connectivity index (χ1v) is 14.6. The van der Waals surface area contributed by atoms with Crippen molar-refractivity contribution in [3.8, 4) is 22.5 Å². The Balaban J connectivity index is 1.56. The molecule has 0 bridgehead atoms. The Bertz CT molecular complexity index is 1840. The first kappa shape index (κ1) is 30.3.